The van der Waals surface area contributed by atoms with E-state index in [2.05, 4.69) is 40.0 Å². The van der Waals surface area contributed by atoms with Gasteiger partial charge in [-0.25, -0.2) is 4.79 Å². The van der Waals surface area contributed by atoms with Crippen LogP contribution in [-0.4, -0.2) is 49.8 Å². The monoisotopic (exact) mass is 774 g/mol. The number of hydrogen-bond donors (Lipinski definition) is 1. The van der Waals surface area contributed by atoms with Crippen LogP contribution in [0.2, 0.25) is 0 Å². The third kappa shape index (κ3) is 9.76. The zero-order valence-electron chi connectivity index (χ0n) is 24.5. The van der Waals surface area contributed by atoms with E-state index in [1.54, 1.807) is 10.8 Å². The van der Waals surface area contributed by atoms with Crippen molar-refractivity contribution in [3.63, 3.8) is 0 Å². The van der Waals surface area contributed by atoms with Crippen molar-refractivity contribution in [2.75, 3.05) is 11.0 Å². The van der Waals surface area contributed by atoms with E-state index in [9.17, 15) is 14.4 Å². The Balaban J connectivity index is 1.59. The molecule has 2 aromatic carbocycles. The maximum Gasteiger partial charge on any atom is 0.510 e. The SMILES string of the molecule is CC(C)(C)CC(NC(=O)[C@@H]([C@@H]1C[C@H](CI)OC1=O)n1ccc(-c2ccc(-c3ccccc3)cc2)c1)OC(=O)OCC(Cl)(Cl)Cl. The second-order valence-corrected chi connectivity index (χ2v) is 15.2. The molecule has 0 bridgehead atoms. The van der Waals surface area contributed by atoms with Gasteiger partial charge in [0.25, 0.3) is 0 Å². The van der Waals surface area contributed by atoms with Crippen LogP contribution in [0.4, 0.5) is 4.79 Å². The molecule has 0 spiro atoms. The van der Waals surface area contributed by atoms with Gasteiger partial charge in [-0.05, 0) is 33.7 Å². The Labute approximate surface area is 285 Å². The zero-order chi connectivity index (χ0) is 32.1. The van der Waals surface area contributed by atoms with Gasteiger partial charge in [0.15, 0.2) is 6.23 Å². The van der Waals surface area contributed by atoms with Crippen molar-refractivity contribution in [3.05, 3.63) is 73.1 Å². The van der Waals surface area contributed by atoms with Crippen LogP contribution < -0.4 is 5.32 Å². The van der Waals surface area contributed by atoms with Crippen LogP contribution in [0.15, 0.2) is 73.1 Å². The first kappa shape index (κ1) is 34.4. The summed E-state index contributed by atoms with van der Waals surface area (Å²) < 4.78 is 16.4. The number of ether oxygens (including phenoxy) is 3. The van der Waals surface area contributed by atoms with Gasteiger partial charge >= 0.3 is 12.1 Å². The number of amides is 1. The van der Waals surface area contributed by atoms with Crippen molar-refractivity contribution >= 4 is 75.4 Å². The molecule has 0 radical (unpaired) electrons. The summed E-state index contributed by atoms with van der Waals surface area (Å²) >= 11 is 19.2. The van der Waals surface area contributed by atoms with Gasteiger partial charge in [-0.15, -0.1) is 0 Å². The van der Waals surface area contributed by atoms with E-state index < -0.39 is 46.6 Å². The summed E-state index contributed by atoms with van der Waals surface area (Å²) in [4.78, 5) is 39.4. The predicted molar refractivity (Wildman–Crippen MR) is 180 cm³/mol. The van der Waals surface area contributed by atoms with Gasteiger partial charge in [0.2, 0.25) is 9.70 Å². The molecule has 1 fully saturated rings. The maximum absolute atomic E-state index is 14.0. The minimum Gasteiger partial charge on any atom is -0.461 e. The summed E-state index contributed by atoms with van der Waals surface area (Å²) in [7, 11) is 0. The lowest BCUT2D eigenvalue weighted by atomic mass is 9.91. The van der Waals surface area contributed by atoms with E-state index in [1.165, 1.54) is 0 Å². The van der Waals surface area contributed by atoms with Crippen LogP contribution in [-0.2, 0) is 23.8 Å². The summed E-state index contributed by atoms with van der Waals surface area (Å²) in [6, 6.07) is 19.1. The van der Waals surface area contributed by atoms with Gasteiger partial charge in [-0.2, -0.15) is 0 Å². The van der Waals surface area contributed by atoms with E-state index in [1.807, 2.05) is 75.5 Å². The van der Waals surface area contributed by atoms with E-state index >= 15 is 0 Å². The average Bonchev–Trinajstić information content (AvgIpc) is 3.58. The van der Waals surface area contributed by atoms with Crippen molar-refractivity contribution < 1.29 is 28.6 Å². The number of benzene rings is 2. The Morgan fingerprint density at radius 2 is 1.61 bits per heavy atom. The second kappa shape index (κ2) is 14.7. The van der Waals surface area contributed by atoms with Crippen LogP contribution in [0.1, 0.15) is 39.7 Å². The van der Waals surface area contributed by atoms with Crippen LogP contribution in [0.3, 0.4) is 0 Å². The number of cyclic esters (lactones) is 1. The number of aromatic nitrogens is 1. The molecule has 1 aliphatic rings. The Morgan fingerprint density at radius 1 is 1.00 bits per heavy atom. The topological polar surface area (TPSA) is 95.9 Å². The molecule has 2 heterocycles. The molecule has 0 aliphatic carbocycles. The number of alkyl halides is 4. The van der Waals surface area contributed by atoms with E-state index in [4.69, 9.17) is 49.0 Å². The van der Waals surface area contributed by atoms with E-state index in [-0.39, 0.29) is 17.9 Å². The molecule has 1 amide bonds. The molecule has 4 atom stereocenters. The van der Waals surface area contributed by atoms with Crippen LogP contribution in [0.5, 0.6) is 0 Å². The van der Waals surface area contributed by atoms with Gasteiger partial charge in [0.05, 0.1) is 5.92 Å². The molecule has 1 aromatic heterocycles. The summed E-state index contributed by atoms with van der Waals surface area (Å²) in [5.74, 6) is -1.71. The average molecular weight is 776 g/mol. The summed E-state index contributed by atoms with van der Waals surface area (Å²) in [6.07, 6.45) is 1.74. The highest BCUT2D eigenvalue weighted by Crippen LogP contribution is 2.35. The predicted octanol–water partition coefficient (Wildman–Crippen LogP) is 8.13. The summed E-state index contributed by atoms with van der Waals surface area (Å²) in [5, 5.41) is 2.81. The highest BCUT2D eigenvalue weighted by Gasteiger charge is 2.44. The fraction of sp³-hybridized carbons (Fsp3) is 0.406. The lowest BCUT2D eigenvalue weighted by Gasteiger charge is -2.29. The molecule has 4 rings (SSSR count). The highest BCUT2D eigenvalue weighted by atomic mass is 127. The van der Waals surface area contributed by atoms with Gasteiger partial charge in [0.1, 0.15) is 18.8 Å². The number of rotatable bonds is 10. The first-order chi connectivity index (χ1) is 20.7. The molecule has 1 aliphatic heterocycles. The molecule has 1 saturated heterocycles. The Kier molecular flexibility index (Phi) is 11.5. The fourth-order valence-corrected chi connectivity index (χ4v) is 5.72. The van der Waals surface area contributed by atoms with Crippen LogP contribution in [0.25, 0.3) is 22.3 Å². The normalized spacial score (nSPS) is 18.3. The number of halogens is 4. The summed E-state index contributed by atoms with van der Waals surface area (Å²) in [5.41, 5.74) is 3.67. The van der Waals surface area contributed by atoms with E-state index in [0.29, 0.717) is 10.8 Å². The Bertz CT molecular complexity index is 1440. The lowest BCUT2D eigenvalue weighted by Crippen LogP contribution is -2.46. The highest BCUT2D eigenvalue weighted by molar-refractivity contribution is 14.1. The Hall–Kier alpha value is -2.47. The molecular weight excluding hydrogens is 742 g/mol. The van der Waals surface area contributed by atoms with Gasteiger partial charge < -0.3 is 24.1 Å². The number of carbonyl (C=O) groups is 3. The largest absolute Gasteiger partial charge is 0.510 e. The van der Waals surface area contributed by atoms with Gasteiger partial charge in [0, 0.05) is 29.7 Å². The number of esters is 1. The van der Waals surface area contributed by atoms with Crippen LogP contribution >= 0.6 is 57.4 Å². The molecule has 44 heavy (non-hydrogen) atoms. The molecule has 0 saturated carbocycles. The van der Waals surface area contributed by atoms with Crippen LogP contribution in [0, 0.1) is 11.3 Å². The molecule has 8 nitrogen and oxygen atoms in total. The number of nitrogens with zero attached hydrogens (tertiary/aromatic N) is 1. The zero-order valence-corrected chi connectivity index (χ0v) is 28.9. The van der Waals surface area contributed by atoms with Crippen molar-refractivity contribution in [3.8, 4) is 22.3 Å². The number of nitrogens with one attached hydrogen (secondary N) is 1. The Morgan fingerprint density at radius 3 is 2.18 bits per heavy atom. The smallest absolute Gasteiger partial charge is 0.461 e. The lowest BCUT2D eigenvalue weighted by molar-refractivity contribution is -0.147. The first-order valence-corrected chi connectivity index (χ1v) is 16.7. The minimum atomic E-state index is -1.82. The molecule has 12 heteroatoms. The molecular formula is C32H34Cl3IN2O6. The molecule has 3 aromatic rings. The summed E-state index contributed by atoms with van der Waals surface area (Å²) in [6.45, 7) is 5.26. The van der Waals surface area contributed by atoms with Crippen molar-refractivity contribution in [2.45, 2.75) is 55.8 Å². The fourth-order valence-electron chi connectivity index (χ4n) is 5.01. The van der Waals surface area contributed by atoms with Crippen molar-refractivity contribution in [1.29, 1.82) is 0 Å². The van der Waals surface area contributed by atoms with Crippen molar-refractivity contribution in [1.82, 2.24) is 9.88 Å². The third-order valence-corrected chi connectivity index (χ3v) is 8.29. The molecule has 236 valence electrons. The number of hydrogen-bond acceptors (Lipinski definition) is 6. The number of carbonyl (C=O) groups excluding carboxylic acids is 3. The standard InChI is InChI=1S/C32H34Cl3IN2O6/c1-31(2,3)16-26(44-30(41)42-19-32(33,34)35)37-28(39)27(25-15-24(17-36)43-29(25)40)38-14-13-23(18-38)22-11-9-21(10-12-22)20-7-5-4-6-8-20/h4-14,18,24-27H,15-17,19H2,1-3H3,(H,37,39)/t24-,25+,26?,27-/m1/s1. The quantitative estimate of drug-likeness (QED) is 0.0968. The maximum atomic E-state index is 14.0. The first-order valence-electron chi connectivity index (χ1n) is 14.0. The second-order valence-electron chi connectivity index (χ2n) is 11.8. The van der Waals surface area contributed by atoms with Gasteiger partial charge in [-0.3, -0.25) is 9.59 Å². The van der Waals surface area contributed by atoms with Gasteiger partial charge in [-0.1, -0.05) is 133 Å². The minimum absolute atomic E-state index is 0.254. The molecule has 1 N–H and O–H groups in total. The van der Waals surface area contributed by atoms with Crippen molar-refractivity contribution in [2.24, 2.45) is 11.3 Å². The van der Waals surface area contributed by atoms with E-state index in [0.717, 1.165) is 22.3 Å². The third-order valence-electron chi connectivity index (χ3n) is 6.98. The molecule has 1 unspecified atom stereocenters.